The second-order valence-electron chi connectivity index (χ2n) is 7.22. The molecule has 2 aromatic carbocycles. The average molecular weight is 468 g/mol. The smallest absolute Gasteiger partial charge is 0.267 e. The van der Waals surface area contributed by atoms with Gasteiger partial charge in [-0.2, -0.15) is 5.10 Å². The molecule has 0 atom stereocenters. The van der Waals surface area contributed by atoms with E-state index in [0.29, 0.717) is 16.8 Å². The molecule has 30 heavy (non-hydrogen) atoms. The van der Waals surface area contributed by atoms with Crippen LogP contribution in [0.3, 0.4) is 0 Å². The summed E-state index contributed by atoms with van der Waals surface area (Å²) in [6.07, 6.45) is 6.38. The Hall–Kier alpha value is -2.09. The number of benzene rings is 2. The summed E-state index contributed by atoms with van der Waals surface area (Å²) in [6.45, 7) is 0.0586. The number of amides is 1. The molecular formula is C21H23Cl2N3O3S. The second kappa shape index (κ2) is 9.81. The molecule has 0 aromatic heterocycles. The lowest BCUT2D eigenvalue weighted by molar-refractivity contribution is 0.0954. The molecule has 1 aliphatic rings. The van der Waals surface area contributed by atoms with Gasteiger partial charge in [0.05, 0.1) is 28.5 Å². The highest BCUT2D eigenvalue weighted by molar-refractivity contribution is 7.92. The molecule has 0 bridgehead atoms. The van der Waals surface area contributed by atoms with Crippen LogP contribution in [0.1, 0.15) is 48.0 Å². The van der Waals surface area contributed by atoms with Gasteiger partial charge in [-0.05, 0) is 55.5 Å². The molecule has 0 radical (unpaired) electrons. The van der Waals surface area contributed by atoms with Crippen molar-refractivity contribution in [2.45, 2.75) is 38.6 Å². The van der Waals surface area contributed by atoms with Crippen molar-refractivity contribution in [3.05, 3.63) is 63.6 Å². The molecule has 3 rings (SSSR count). The fourth-order valence-electron chi connectivity index (χ4n) is 3.26. The number of nitrogens with one attached hydrogen (secondary N) is 1. The number of hydrazone groups is 1. The van der Waals surface area contributed by atoms with Crippen molar-refractivity contribution in [2.75, 3.05) is 10.6 Å². The minimum absolute atomic E-state index is 0.0586. The summed E-state index contributed by atoms with van der Waals surface area (Å²) < 4.78 is 25.9. The molecule has 9 heteroatoms. The van der Waals surface area contributed by atoms with Crippen molar-refractivity contribution in [2.24, 2.45) is 5.10 Å². The summed E-state index contributed by atoms with van der Waals surface area (Å²) >= 11 is 12.3. The first-order valence-corrected chi connectivity index (χ1v) is 12.2. The Morgan fingerprint density at radius 3 is 2.37 bits per heavy atom. The SMILES string of the molecule is CS(=O)(=O)N(Cc1ccc(C(=O)NN=C2CCCCC2)cc1)c1cccc(Cl)c1Cl. The lowest BCUT2D eigenvalue weighted by Gasteiger charge is -2.24. The third-order valence-corrected chi connectivity index (χ3v) is 6.82. The molecular weight excluding hydrogens is 445 g/mol. The summed E-state index contributed by atoms with van der Waals surface area (Å²) in [4.78, 5) is 12.3. The third-order valence-electron chi connectivity index (χ3n) is 4.89. The first-order chi connectivity index (χ1) is 14.3. The zero-order valence-electron chi connectivity index (χ0n) is 16.6. The predicted octanol–water partition coefficient (Wildman–Crippen LogP) is 5.01. The van der Waals surface area contributed by atoms with E-state index in [4.69, 9.17) is 23.2 Å². The maximum absolute atomic E-state index is 12.4. The summed E-state index contributed by atoms with van der Waals surface area (Å²) in [5.74, 6) is -0.294. The van der Waals surface area contributed by atoms with E-state index in [1.54, 1.807) is 42.5 Å². The summed E-state index contributed by atoms with van der Waals surface area (Å²) in [5, 5.41) is 4.66. The normalized spacial score (nSPS) is 14.3. The van der Waals surface area contributed by atoms with Gasteiger partial charge in [0.2, 0.25) is 10.0 Å². The van der Waals surface area contributed by atoms with Crippen LogP contribution < -0.4 is 9.73 Å². The minimum Gasteiger partial charge on any atom is -0.267 e. The maximum Gasteiger partial charge on any atom is 0.271 e. The summed E-state index contributed by atoms with van der Waals surface area (Å²) in [5.41, 5.74) is 5.08. The number of sulfonamides is 1. The number of carbonyl (C=O) groups excluding carboxylic acids is 1. The Morgan fingerprint density at radius 2 is 1.73 bits per heavy atom. The van der Waals surface area contributed by atoms with Gasteiger partial charge in [-0.1, -0.05) is 47.8 Å². The van der Waals surface area contributed by atoms with Crippen LogP contribution in [0.2, 0.25) is 10.0 Å². The van der Waals surface area contributed by atoms with E-state index in [0.717, 1.165) is 37.7 Å². The van der Waals surface area contributed by atoms with Gasteiger partial charge in [0.25, 0.3) is 5.91 Å². The van der Waals surface area contributed by atoms with E-state index in [9.17, 15) is 13.2 Å². The lowest BCUT2D eigenvalue weighted by Crippen LogP contribution is -2.29. The zero-order chi connectivity index (χ0) is 21.7. The van der Waals surface area contributed by atoms with Gasteiger partial charge < -0.3 is 0 Å². The Labute approximate surface area is 186 Å². The monoisotopic (exact) mass is 467 g/mol. The Morgan fingerprint density at radius 1 is 1.07 bits per heavy atom. The van der Waals surface area contributed by atoms with E-state index in [1.807, 2.05) is 0 Å². The van der Waals surface area contributed by atoms with E-state index < -0.39 is 10.0 Å². The summed E-state index contributed by atoms with van der Waals surface area (Å²) in [7, 11) is -3.61. The topological polar surface area (TPSA) is 78.8 Å². The van der Waals surface area contributed by atoms with Crippen LogP contribution in [0.5, 0.6) is 0 Å². The standard InChI is InChI=1S/C21H23Cl2N3O3S/c1-30(28,29)26(19-9-5-8-18(22)20(19)23)14-15-10-12-16(13-11-15)21(27)25-24-17-6-3-2-4-7-17/h5,8-13H,2-4,6-7,14H2,1H3,(H,25,27). The van der Waals surface area contributed by atoms with Crippen LogP contribution in [0, 0.1) is 0 Å². The molecule has 0 aliphatic heterocycles. The van der Waals surface area contributed by atoms with E-state index in [1.165, 1.54) is 10.7 Å². The van der Waals surface area contributed by atoms with Crippen molar-refractivity contribution in [1.29, 1.82) is 0 Å². The van der Waals surface area contributed by atoms with E-state index >= 15 is 0 Å². The number of nitrogens with zero attached hydrogens (tertiary/aromatic N) is 2. The second-order valence-corrected chi connectivity index (χ2v) is 9.91. The molecule has 0 unspecified atom stereocenters. The van der Waals surface area contributed by atoms with Gasteiger partial charge in [0.15, 0.2) is 0 Å². The van der Waals surface area contributed by atoms with Gasteiger partial charge in [0, 0.05) is 11.3 Å². The first kappa shape index (κ1) is 22.6. The molecule has 1 fully saturated rings. The number of anilines is 1. The molecule has 0 saturated heterocycles. The minimum atomic E-state index is -3.61. The van der Waals surface area contributed by atoms with Crippen LogP contribution in [0.25, 0.3) is 0 Å². The Kier molecular flexibility index (Phi) is 7.39. The van der Waals surface area contributed by atoms with Gasteiger partial charge >= 0.3 is 0 Å². The van der Waals surface area contributed by atoms with Crippen LogP contribution >= 0.6 is 23.2 Å². The fraction of sp³-hybridized carbons (Fsp3) is 0.333. The fourth-order valence-corrected chi connectivity index (χ4v) is 4.60. The van der Waals surface area contributed by atoms with Crippen molar-refractivity contribution in [3.63, 3.8) is 0 Å². The van der Waals surface area contributed by atoms with Crippen molar-refractivity contribution >= 4 is 50.5 Å². The van der Waals surface area contributed by atoms with Crippen molar-refractivity contribution in [3.8, 4) is 0 Å². The highest BCUT2D eigenvalue weighted by Gasteiger charge is 2.21. The Balaban J connectivity index is 1.74. The lowest BCUT2D eigenvalue weighted by atomic mass is 9.99. The molecule has 1 N–H and O–H groups in total. The molecule has 160 valence electrons. The summed E-state index contributed by atoms with van der Waals surface area (Å²) in [6, 6.07) is 11.5. The predicted molar refractivity (Wildman–Crippen MR) is 122 cm³/mol. The van der Waals surface area contributed by atoms with Gasteiger partial charge in [0.1, 0.15) is 0 Å². The molecule has 1 amide bonds. The highest BCUT2D eigenvalue weighted by atomic mass is 35.5. The van der Waals surface area contributed by atoms with Gasteiger partial charge in [-0.15, -0.1) is 0 Å². The number of hydrogen-bond donors (Lipinski definition) is 1. The van der Waals surface area contributed by atoms with Crippen LogP contribution in [-0.2, 0) is 16.6 Å². The highest BCUT2D eigenvalue weighted by Crippen LogP contribution is 2.34. The molecule has 2 aromatic rings. The Bertz CT molecular complexity index is 1050. The molecule has 0 spiro atoms. The van der Waals surface area contributed by atoms with E-state index in [2.05, 4.69) is 10.5 Å². The largest absolute Gasteiger partial charge is 0.271 e. The molecule has 0 heterocycles. The third kappa shape index (κ3) is 5.74. The number of carbonyl (C=O) groups is 1. The van der Waals surface area contributed by atoms with Gasteiger partial charge in [-0.25, -0.2) is 13.8 Å². The van der Waals surface area contributed by atoms with Crippen LogP contribution in [0.4, 0.5) is 5.69 Å². The number of halogens is 2. The van der Waals surface area contributed by atoms with Gasteiger partial charge in [-0.3, -0.25) is 9.10 Å². The zero-order valence-corrected chi connectivity index (χ0v) is 18.9. The molecule has 6 nitrogen and oxygen atoms in total. The quantitative estimate of drug-likeness (QED) is 0.606. The van der Waals surface area contributed by atoms with Crippen molar-refractivity contribution < 1.29 is 13.2 Å². The average Bonchev–Trinajstić information content (AvgIpc) is 2.73. The maximum atomic E-state index is 12.4. The van der Waals surface area contributed by atoms with E-state index in [-0.39, 0.29) is 22.5 Å². The first-order valence-electron chi connectivity index (χ1n) is 9.62. The number of hydrogen-bond acceptors (Lipinski definition) is 4. The number of rotatable bonds is 6. The molecule has 1 aliphatic carbocycles. The van der Waals surface area contributed by atoms with Crippen LogP contribution in [0.15, 0.2) is 47.6 Å². The van der Waals surface area contributed by atoms with Crippen molar-refractivity contribution in [1.82, 2.24) is 5.43 Å². The molecule has 1 saturated carbocycles. The van der Waals surface area contributed by atoms with Crippen LogP contribution in [-0.4, -0.2) is 26.3 Å².